The third-order valence-corrected chi connectivity index (χ3v) is 5.84. The Kier molecular flexibility index (Phi) is 6.47. The fraction of sp³-hybridized carbons (Fsp3) is 0.231. The number of hydrogen-bond acceptors (Lipinski definition) is 3. The summed E-state index contributed by atoms with van der Waals surface area (Å²) in [5.41, 5.74) is 5.42. The van der Waals surface area contributed by atoms with Crippen LogP contribution < -0.4 is 10.1 Å². The number of rotatable bonds is 6. The van der Waals surface area contributed by atoms with Crippen LogP contribution in [0.5, 0.6) is 5.75 Å². The summed E-state index contributed by atoms with van der Waals surface area (Å²) < 4.78 is 5.82. The lowest BCUT2D eigenvalue weighted by molar-refractivity contribution is -0.118. The van der Waals surface area contributed by atoms with Crippen LogP contribution in [-0.2, 0) is 17.8 Å². The van der Waals surface area contributed by atoms with Gasteiger partial charge in [0.2, 0.25) is 0 Å². The van der Waals surface area contributed by atoms with E-state index in [0.717, 1.165) is 27.9 Å². The van der Waals surface area contributed by atoms with Gasteiger partial charge in [0.05, 0.1) is 0 Å². The van der Waals surface area contributed by atoms with Crippen LogP contribution in [0.2, 0.25) is 5.02 Å². The fourth-order valence-corrected chi connectivity index (χ4v) is 4.05. The van der Waals surface area contributed by atoms with Crippen molar-refractivity contribution in [3.8, 4) is 5.75 Å². The fourth-order valence-electron chi connectivity index (χ4n) is 3.92. The molecule has 3 aromatic carbocycles. The monoisotopic (exact) mass is 448 g/mol. The second-order valence-electron chi connectivity index (χ2n) is 8.04. The summed E-state index contributed by atoms with van der Waals surface area (Å²) in [6.45, 7) is 4.96. The largest absolute Gasteiger partial charge is 0.483 e. The molecule has 2 amide bonds. The zero-order valence-electron chi connectivity index (χ0n) is 18.2. The number of nitrogens with zero attached hydrogens (tertiary/aromatic N) is 1. The van der Waals surface area contributed by atoms with Gasteiger partial charge < -0.3 is 15.0 Å². The van der Waals surface area contributed by atoms with Crippen molar-refractivity contribution in [3.05, 3.63) is 93.5 Å². The quantitative estimate of drug-likeness (QED) is 0.565. The number of carbonyl (C=O) groups is 2. The average Bonchev–Trinajstić information content (AvgIpc) is 2.78. The molecule has 0 saturated heterocycles. The Labute approximate surface area is 193 Å². The highest BCUT2D eigenvalue weighted by atomic mass is 35.5. The summed E-state index contributed by atoms with van der Waals surface area (Å²) >= 11 is 5.96. The lowest BCUT2D eigenvalue weighted by Crippen LogP contribution is -2.37. The second-order valence-corrected chi connectivity index (χ2v) is 8.48. The van der Waals surface area contributed by atoms with Crippen molar-refractivity contribution in [1.82, 2.24) is 4.90 Å². The number of halogens is 1. The number of aryl methyl sites for hydroxylation is 2. The van der Waals surface area contributed by atoms with E-state index in [0.29, 0.717) is 35.8 Å². The second kappa shape index (κ2) is 9.45. The van der Waals surface area contributed by atoms with Crippen LogP contribution >= 0.6 is 11.6 Å². The van der Waals surface area contributed by atoms with Crippen molar-refractivity contribution in [2.45, 2.75) is 26.8 Å². The highest BCUT2D eigenvalue weighted by Crippen LogP contribution is 2.29. The van der Waals surface area contributed by atoms with Crippen molar-refractivity contribution in [2.24, 2.45) is 0 Å². The molecule has 1 aliphatic heterocycles. The van der Waals surface area contributed by atoms with Gasteiger partial charge in [0.1, 0.15) is 5.75 Å². The number of carbonyl (C=O) groups excluding carboxylic acids is 2. The Morgan fingerprint density at radius 2 is 1.88 bits per heavy atom. The minimum atomic E-state index is -0.235. The van der Waals surface area contributed by atoms with Crippen LogP contribution in [-0.4, -0.2) is 29.9 Å². The molecule has 3 aromatic rings. The normalized spacial score (nSPS) is 13.0. The molecule has 1 heterocycles. The average molecular weight is 449 g/mol. The smallest absolute Gasteiger partial charge is 0.262 e. The maximum Gasteiger partial charge on any atom is 0.262 e. The first-order valence-electron chi connectivity index (χ1n) is 10.6. The molecule has 0 saturated carbocycles. The lowest BCUT2D eigenvalue weighted by atomic mass is 9.97. The molecule has 1 N–H and O–H groups in total. The van der Waals surface area contributed by atoms with E-state index >= 15 is 0 Å². The number of anilines is 1. The van der Waals surface area contributed by atoms with Crippen molar-refractivity contribution in [3.63, 3.8) is 0 Å². The molecule has 0 atom stereocenters. The number of amides is 2. The van der Waals surface area contributed by atoms with Gasteiger partial charge in [-0.25, -0.2) is 0 Å². The van der Waals surface area contributed by atoms with E-state index in [1.807, 2.05) is 73.3 Å². The molecule has 0 bridgehead atoms. The molecule has 4 rings (SSSR count). The van der Waals surface area contributed by atoms with Gasteiger partial charge in [-0.15, -0.1) is 0 Å². The van der Waals surface area contributed by atoms with Gasteiger partial charge in [0.15, 0.2) is 6.61 Å². The van der Waals surface area contributed by atoms with E-state index in [1.165, 1.54) is 0 Å². The number of nitrogens with one attached hydrogen (secondary N) is 1. The number of hydrogen-bond donors (Lipinski definition) is 1. The van der Waals surface area contributed by atoms with Crippen LogP contribution in [0.3, 0.4) is 0 Å². The molecule has 0 unspecified atom stereocenters. The van der Waals surface area contributed by atoms with Crippen LogP contribution in [0, 0.1) is 13.8 Å². The Morgan fingerprint density at radius 1 is 1.09 bits per heavy atom. The maximum atomic E-state index is 13.0. The van der Waals surface area contributed by atoms with Gasteiger partial charge in [-0.2, -0.15) is 0 Å². The Balaban J connectivity index is 1.42. The maximum absolute atomic E-state index is 13.0. The number of ether oxygens (including phenoxy) is 1. The van der Waals surface area contributed by atoms with Crippen molar-refractivity contribution in [1.29, 1.82) is 0 Å². The van der Waals surface area contributed by atoms with E-state index in [1.54, 1.807) is 6.07 Å². The third kappa shape index (κ3) is 4.94. The molecule has 0 radical (unpaired) electrons. The van der Waals surface area contributed by atoms with Crippen molar-refractivity contribution in [2.75, 3.05) is 18.5 Å². The molecule has 0 aliphatic carbocycles. The lowest BCUT2D eigenvalue weighted by Gasteiger charge is -2.29. The van der Waals surface area contributed by atoms with Crippen LogP contribution in [0.4, 0.5) is 5.69 Å². The number of benzene rings is 3. The zero-order chi connectivity index (χ0) is 22.7. The molecule has 32 heavy (non-hydrogen) atoms. The van der Waals surface area contributed by atoms with E-state index < -0.39 is 0 Å². The highest BCUT2D eigenvalue weighted by Gasteiger charge is 2.27. The van der Waals surface area contributed by atoms with E-state index in [4.69, 9.17) is 16.3 Å². The van der Waals surface area contributed by atoms with Gasteiger partial charge in [0, 0.05) is 34.9 Å². The van der Waals surface area contributed by atoms with Crippen molar-refractivity contribution >= 4 is 29.1 Å². The van der Waals surface area contributed by atoms with Crippen LogP contribution in [0.25, 0.3) is 0 Å². The van der Waals surface area contributed by atoms with Gasteiger partial charge in [-0.3, -0.25) is 9.59 Å². The predicted molar refractivity (Wildman–Crippen MR) is 126 cm³/mol. The number of fused-ring (bicyclic) bond motifs is 1. The third-order valence-electron chi connectivity index (χ3n) is 5.58. The molecule has 164 valence electrons. The Bertz CT molecular complexity index is 1160. The van der Waals surface area contributed by atoms with Crippen LogP contribution in [0.1, 0.15) is 32.6 Å². The standard InChI is InChI=1S/C26H25ClN2O3/c1-17-6-11-23(18(2)14-17)28-25(30)16-32-24-5-3-4-22-21(24)12-13-29(26(22)31)15-19-7-9-20(27)10-8-19/h3-11,14H,12-13,15-16H2,1-2H3,(H,28,30). The van der Waals surface area contributed by atoms with E-state index in [-0.39, 0.29) is 18.4 Å². The molecular weight excluding hydrogens is 424 g/mol. The first-order valence-corrected chi connectivity index (χ1v) is 10.9. The summed E-state index contributed by atoms with van der Waals surface area (Å²) in [6, 6.07) is 18.8. The van der Waals surface area contributed by atoms with Crippen LogP contribution in [0.15, 0.2) is 60.7 Å². The Morgan fingerprint density at radius 3 is 2.62 bits per heavy atom. The molecular formula is C26H25ClN2O3. The first kappa shape index (κ1) is 21.9. The highest BCUT2D eigenvalue weighted by molar-refractivity contribution is 6.30. The summed E-state index contributed by atoms with van der Waals surface area (Å²) in [6.07, 6.45) is 0.670. The van der Waals surface area contributed by atoms with Crippen molar-refractivity contribution < 1.29 is 14.3 Å². The zero-order valence-corrected chi connectivity index (χ0v) is 18.9. The van der Waals surface area contributed by atoms with Gasteiger partial charge >= 0.3 is 0 Å². The molecule has 6 heteroatoms. The molecule has 0 fully saturated rings. The SMILES string of the molecule is Cc1ccc(NC(=O)COc2cccc3c2CCN(Cc2ccc(Cl)cc2)C3=O)c(C)c1. The Hall–Kier alpha value is -3.31. The van der Waals surface area contributed by atoms with E-state index in [9.17, 15) is 9.59 Å². The summed E-state index contributed by atoms with van der Waals surface area (Å²) in [7, 11) is 0. The van der Waals surface area contributed by atoms with Gasteiger partial charge in [0.25, 0.3) is 11.8 Å². The minimum absolute atomic E-state index is 0.0358. The molecule has 5 nitrogen and oxygen atoms in total. The van der Waals surface area contributed by atoms with Gasteiger partial charge in [-0.05, 0) is 61.7 Å². The van der Waals surface area contributed by atoms with E-state index in [2.05, 4.69) is 5.32 Å². The predicted octanol–water partition coefficient (Wildman–Crippen LogP) is 5.17. The summed E-state index contributed by atoms with van der Waals surface area (Å²) in [5, 5.41) is 3.56. The minimum Gasteiger partial charge on any atom is -0.483 e. The summed E-state index contributed by atoms with van der Waals surface area (Å²) in [5.74, 6) is 0.310. The topological polar surface area (TPSA) is 58.6 Å². The summed E-state index contributed by atoms with van der Waals surface area (Å²) in [4.78, 5) is 27.3. The molecule has 0 aromatic heterocycles. The molecule has 0 spiro atoms. The first-order chi connectivity index (χ1) is 15.4. The van der Waals surface area contributed by atoms with Gasteiger partial charge in [-0.1, -0.05) is 47.5 Å². The molecule has 1 aliphatic rings.